The number of hydrogen-bond acceptors (Lipinski definition) is 4. The number of carbonyl (C=O) groups excluding carboxylic acids is 1. The lowest BCUT2D eigenvalue weighted by Gasteiger charge is -2.31. The Morgan fingerprint density at radius 3 is 3.12 bits per heavy atom. The Morgan fingerprint density at radius 2 is 2.44 bits per heavy atom. The van der Waals surface area contributed by atoms with E-state index >= 15 is 0 Å². The SMILES string of the molecule is C=CCO[C@H]1CCCO[C@@H]1CCC(=O)OC. The number of carbonyl (C=O) groups is 1. The van der Waals surface area contributed by atoms with Gasteiger partial charge in [-0.05, 0) is 19.3 Å². The Kier molecular flexibility index (Phi) is 6.11. The van der Waals surface area contributed by atoms with Crippen molar-refractivity contribution in [2.75, 3.05) is 20.3 Å². The van der Waals surface area contributed by atoms with Crippen LogP contribution in [0.3, 0.4) is 0 Å². The van der Waals surface area contributed by atoms with E-state index in [1.807, 2.05) is 0 Å². The zero-order chi connectivity index (χ0) is 11.8. The average Bonchev–Trinajstić information content (AvgIpc) is 2.34. The maximum atomic E-state index is 11.0. The second kappa shape index (κ2) is 7.41. The molecule has 1 saturated heterocycles. The van der Waals surface area contributed by atoms with Crippen molar-refractivity contribution in [2.45, 2.75) is 37.9 Å². The number of methoxy groups -OCH3 is 1. The molecule has 0 N–H and O–H groups in total. The molecule has 16 heavy (non-hydrogen) atoms. The van der Waals surface area contributed by atoms with Crippen molar-refractivity contribution >= 4 is 5.97 Å². The fourth-order valence-corrected chi connectivity index (χ4v) is 1.83. The maximum Gasteiger partial charge on any atom is 0.305 e. The van der Waals surface area contributed by atoms with Crippen LogP contribution in [0.25, 0.3) is 0 Å². The summed E-state index contributed by atoms with van der Waals surface area (Å²) >= 11 is 0. The van der Waals surface area contributed by atoms with Gasteiger partial charge in [0.1, 0.15) is 0 Å². The molecule has 0 bridgehead atoms. The first-order valence-electron chi connectivity index (χ1n) is 5.69. The van der Waals surface area contributed by atoms with Gasteiger partial charge in [0.15, 0.2) is 0 Å². The molecule has 0 aromatic carbocycles. The van der Waals surface area contributed by atoms with Crippen LogP contribution in [0.5, 0.6) is 0 Å². The van der Waals surface area contributed by atoms with Gasteiger partial charge in [0.25, 0.3) is 0 Å². The summed E-state index contributed by atoms with van der Waals surface area (Å²) in [6, 6.07) is 0. The molecule has 1 heterocycles. The summed E-state index contributed by atoms with van der Waals surface area (Å²) in [6.45, 7) is 4.90. The van der Waals surface area contributed by atoms with Gasteiger partial charge in [-0.15, -0.1) is 6.58 Å². The van der Waals surface area contributed by atoms with E-state index in [0.29, 0.717) is 19.4 Å². The molecule has 0 radical (unpaired) electrons. The largest absolute Gasteiger partial charge is 0.469 e. The van der Waals surface area contributed by atoms with Crippen molar-refractivity contribution in [3.8, 4) is 0 Å². The zero-order valence-electron chi connectivity index (χ0n) is 9.81. The lowest BCUT2D eigenvalue weighted by Crippen LogP contribution is -2.36. The lowest BCUT2D eigenvalue weighted by molar-refractivity contribution is -0.143. The fraction of sp³-hybridized carbons (Fsp3) is 0.750. The van der Waals surface area contributed by atoms with Crippen molar-refractivity contribution in [1.29, 1.82) is 0 Å². The molecule has 1 fully saturated rings. The number of hydrogen-bond donors (Lipinski definition) is 0. The Hall–Kier alpha value is -0.870. The second-order valence-corrected chi connectivity index (χ2v) is 3.83. The van der Waals surface area contributed by atoms with Gasteiger partial charge in [0.2, 0.25) is 0 Å². The molecule has 1 aliphatic heterocycles. The summed E-state index contributed by atoms with van der Waals surface area (Å²) in [7, 11) is 1.40. The Balaban J connectivity index is 2.34. The van der Waals surface area contributed by atoms with Crippen LogP contribution in [0.4, 0.5) is 0 Å². The highest BCUT2D eigenvalue weighted by Gasteiger charge is 2.26. The summed E-state index contributed by atoms with van der Waals surface area (Å²) in [6.07, 6.45) is 4.86. The van der Waals surface area contributed by atoms with Crippen LogP contribution in [0.1, 0.15) is 25.7 Å². The van der Waals surface area contributed by atoms with Gasteiger partial charge in [-0.3, -0.25) is 4.79 Å². The minimum atomic E-state index is -0.198. The molecule has 4 nitrogen and oxygen atoms in total. The summed E-state index contributed by atoms with van der Waals surface area (Å²) in [4.78, 5) is 11.0. The van der Waals surface area contributed by atoms with Gasteiger partial charge >= 0.3 is 5.97 Å². The quantitative estimate of drug-likeness (QED) is 0.512. The summed E-state index contributed by atoms with van der Waals surface area (Å²) < 4.78 is 15.8. The highest BCUT2D eigenvalue weighted by atomic mass is 16.5. The third-order valence-corrected chi connectivity index (χ3v) is 2.67. The molecular formula is C12H20O4. The van der Waals surface area contributed by atoms with Crippen LogP contribution >= 0.6 is 0 Å². The Labute approximate surface area is 96.6 Å². The molecule has 1 rings (SSSR count). The van der Waals surface area contributed by atoms with Crippen molar-refractivity contribution in [3.05, 3.63) is 12.7 Å². The number of rotatable bonds is 6. The molecule has 0 spiro atoms. The van der Waals surface area contributed by atoms with E-state index in [2.05, 4.69) is 11.3 Å². The van der Waals surface area contributed by atoms with Gasteiger partial charge in [0.05, 0.1) is 25.9 Å². The molecular weight excluding hydrogens is 208 g/mol. The number of ether oxygens (including phenoxy) is 3. The fourth-order valence-electron chi connectivity index (χ4n) is 1.83. The van der Waals surface area contributed by atoms with Gasteiger partial charge in [0, 0.05) is 13.0 Å². The molecule has 0 amide bonds. The molecule has 1 aliphatic rings. The maximum absolute atomic E-state index is 11.0. The van der Waals surface area contributed by atoms with E-state index in [4.69, 9.17) is 9.47 Å². The average molecular weight is 228 g/mol. The Morgan fingerprint density at radius 1 is 1.62 bits per heavy atom. The summed E-state index contributed by atoms with van der Waals surface area (Å²) in [5.74, 6) is -0.198. The molecule has 0 aromatic heterocycles. The minimum Gasteiger partial charge on any atom is -0.469 e. The molecule has 2 atom stereocenters. The van der Waals surface area contributed by atoms with Crippen molar-refractivity contribution < 1.29 is 19.0 Å². The molecule has 0 aromatic rings. The van der Waals surface area contributed by atoms with Gasteiger partial charge in [-0.2, -0.15) is 0 Å². The lowest BCUT2D eigenvalue weighted by atomic mass is 10.0. The number of esters is 1. The van der Waals surface area contributed by atoms with Crippen LogP contribution < -0.4 is 0 Å². The van der Waals surface area contributed by atoms with Crippen molar-refractivity contribution in [2.24, 2.45) is 0 Å². The predicted molar refractivity (Wildman–Crippen MR) is 60.2 cm³/mol. The summed E-state index contributed by atoms with van der Waals surface area (Å²) in [5.41, 5.74) is 0. The van der Waals surface area contributed by atoms with Gasteiger partial charge in [-0.1, -0.05) is 6.08 Å². The third kappa shape index (κ3) is 4.33. The van der Waals surface area contributed by atoms with E-state index in [1.54, 1.807) is 6.08 Å². The monoisotopic (exact) mass is 228 g/mol. The molecule has 0 saturated carbocycles. The molecule has 0 aliphatic carbocycles. The van der Waals surface area contributed by atoms with E-state index < -0.39 is 0 Å². The van der Waals surface area contributed by atoms with E-state index in [-0.39, 0.29) is 18.2 Å². The van der Waals surface area contributed by atoms with E-state index in [9.17, 15) is 4.79 Å². The van der Waals surface area contributed by atoms with Crippen molar-refractivity contribution in [1.82, 2.24) is 0 Å². The molecule has 0 unspecified atom stereocenters. The zero-order valence-corrected chi connectivity index (χ0v) is 9.81. The van der Waals surface area contributed by atoms with Crippen molar-refractivity contribution in [3.63, 3.8) is 0 Å². The highest BCUT2D eigenvalue weighted by molar-refractivity contribution is 5.69. The summed E-state index contributed by atoms with van der Waals surface area (Å²) in [5, 5.41) is 0. The molecule has 92 valence electrons. The van der Waals surface area contributed by atoms with Crippen LogP contribution in [0.2, 0.25) is 0 Å². The van der Waals surface area contributed by atoms with Crippen LogP contribution in [0.15, 0.2) is 12.7 Å². The third-order valence-electron chi connectivity index (χ3n) is 2.67. The highest BCUT2D eigenvalue weighted by Crippen LogP contribution is 2.21. The Bertz CT molecular complexity index is 227. The van der Waals surface area contributed by atoms with E-state index in [1.165, 1.54) is 7.11 Å². The van der Waals surface area contributed by atoms with Crippen LogP contribution in [-0.4, -0.2) is 38.5 Å². The van der Waals surface area contributed by atoms with E-state index in [0.717, 1.165) is 19.4 Å². The standard InChI is InChI=1S/C12H20O4/c1-3-8-15-10-5-4-9-16-11(10)6-7-12(13)14-2/h3,10-11H,1,4-9H2,2H3/t10-,11+/m0/s1. The predicted octanol–water partition coefficient (Wildman–Crippen LogP) is 1.69. The minimum absolute atomic E-state index is 0.00722. The topological polar surface area (TPSA) is 44.8 Å². The first-order chi connectivity index (χ1) is 7.77. The van der Waals surface area contributed by atoms with Gasteiger partial charge in [-0.25, -0.2) is 0 Å². The smallest absolute Gasteiger partial charge is 0.305 e. The second-order valence-electron chi connectivity index (χ2n) is 3.83. The normalized spacial score (nSPS) is 25.1. The first kappa shape index (κ1) is 13.2. The first-order valence-corrected chi connectivity index (χ1v) is 5.69. The van der Waals surface area contributed by atoms with Gasteiger partial charge < -0.3 is 14.2 Å². The van der Waals surface area contributed by atoms with Crippen LogP contribution in [0, 0.1) is 0 Å². The molecule has 4 heteroatoms. The van der Waals surface area contributed by atoms with Crippen LogP contribution in [-0.2, 0) is 19.0 Å².